The number of carbonyl (C=O) groups is 2. The second-order valence-electron chi connectivity index (χ2n) is 4.81. The summed E-state index contributed by atoms with van der Waals surface area (Å²) in [4.78, 5) is 26.4. The fourth-order valence-electron chi connectivity index (χ4n) is 2.55. The maximum Gasteiger partial charge on any atom is 0.250 e. The average molecular weight is 260 g/mol. The van der Waals surface area contributed by atoms with E-state index in [1.165, 1.54) is 0 Å². The van der Waals surface area contributed by atoms with Gasteiger partial charge in [-0.3, -0.25) is 9.59 Å². The molecule has 1 aliphatic rings. The van der Waals surface area contributed by atoms with Gasteiger partial charge in [0.15, 0.2) is 0 Å². The predicted octanol–water partition coefficient (Wildman–Crippen LogP) is 1.87. The van der Waals surface area contributed by atoms with Gasteiger partial charge in [0.05, 0.1) is 0 Å². The van der Waals surface area contributed by atoms with Crippen LogP contribution in [0.25, 0.3) is 0 Å². The van der Waals surface area contributed by atoms with Crippen molar-refractivity contribution < 1.29 is 9.59 Å². The van der Waals surface area contributed by atoms with Crippen LogP contribution in [0.15, 0.2) is 30.3 Å². The summed E-state index contributed by atoms with van der Waals surface area (Å²) in [6, 6.07) is 8.54. The summed E-state index contributed by atoms with van der Waals surface area (Å²) in [5.41, 5.74) is 0.844. The molecule has 0 bridgehead atoms. The van der Waals surface area contributed by atoms with Crippen LogP contribution in [0.2, 0.25) is 0 Å². The Morgan fingerprint density at radius 1 is 1.16 bits per heavy atom. The van der Waals surface area contributed by atoms with Crippen molar-refractivity contribution >= 4 is 11.8 Å². The fraction of sp³-hybridized carbons (Fsp3) is 0.467. The number of nitrogens with one attached hydrogen (secondary N) is 1. The normalized spacial score (nSPS) is 23.4. The van der Waals surface area contributed by atoms with E-state index < -0.39 is 6.04 Å². The van der Waals surface area contributed by atoms with Gasteiger partial charge in [-0.1, -0.05) is 44.2 Å². The summed E-state index contributed by atoms with van der Waals surface area (Å²) in [7, 11) is 0. The molecule has 0 radical (unpaired) electrons. The molecule has 19 heavy (non-hydrogen) atoms. The van der Waals surface area contributed by atoms with Gasteiger partial charge in [0.25, 0.3) is 0 Å². The number of carbonyl (C=O) groups excluding carboxylic acids is 2. The number of hydrogen-bond donors (Lipinski definition) is 1. The monoisotopic (exact) mass is 260 g/mol. The molecular weight excluding hydrogens is 240 g/mol. The Hall–Kier alpha value is -1.84. The highest BCUT2D eigenvalue weighted by Crippen LogP contribution is 2.23. The highest BCUT2D eigenvalue weighted by molar-refractivity contribution is 5.97. The molecule has 0 spiro atoms. The van der Waals surface area contributed by atoms with Gasteiger partial charge in [-0.05, 0) is 18.4 Å². The lowest BCUT2D eigenvalue weighted by Crippen LogP contribution is -2.59. The minimum Gasteiger partial charge on any atom is -0.339 e. The van der Waals surface area contributed by atoms with E-state index in [-0.39, 0.29) is 17.9 Å². The van der Waals surface area contributed by atoms with E-state index in [9.17, 15) is 9.59 Å². The average Bonchev–Trinajstić information content (AvgIpc) is 2.44. The zero-order chi connectivity index (χ0) is 13.8. The van der Waals surface area contributed by atoms with Crippen LogP contribution < -0.4 is 5.32 Å². The number of rotatable bonds is 4. The molecule has 1 heterocycles. The minimum atomic E-state index is -0.539. The number of hydrogen-bond acceptors (Lipinski definition) is 2. The Bertz CT molecular complexity index is 458. The first-order chi connectivity index (χ1) is 9.19. The number of nitrogens with zero attached hydrogens (tertiary/aromatic N) is 1. The molecule has 102 valence electrons. The first kappa shape index (κ1) is 13.6. The molecule has 2 amide bonds. The van der Waals surface area contributed by atoms with Crippen LogP contribution in [0.4, 0.5) is 0 Å². The van der Waals surface area contributed by atoms with Crippen LogP contribution >= 0.6 is 0 Å². The first-order valence-electron chi connectivity index (χ1n) is 6.84. The van der Waals surface area contributed by atoms with Crippen molar-refractivity contribution in [2.45, 2.75) is 38.8 Å². The Kier molecular flexibility index (Phi) is 4.20. The van der Waals surface area contributed by atoms with E-state index in [2.05, 4.69) is 5.32 Å². The summed E-state index contributed by atoms with van der Waals surface area (Å²) in [5.74, 6) is -0.0519. The van der Waals surface area contributed by atoms with E-state index in [1.807, 2.05) is 44.2 Å². The molecule has 1 aromatic carbocycles. The van der Waals surface area contributed by atoms with Crippen LogP contribution in [-0.4, -0.2) is 29.3 Å². The zero-order valence-corrected chi connectivity index (χ0v) is 11.4. The summed E-state index contributed by atoms with van der Waals surface area (Å²) in [5, 5.41) is 2.84. The number of amides is 2. The fourth-order valence-corrected chi connectivity index (χ4v) is 2.55. The predicted molar refractivity (Wildman–Crippen MR) is 73.4 cm³/mol. The van der Waals surface area contributed by atoms with Gasteiger partial charge in [0.1, 0.15) is 12.1 Å². The van der Waals surface area contributed by atoms with Gasteiger partial charge in [0.2, 0.25) is 11.8 Å². The summed E-state index contributed by atoms with van der Waals surface area (Å²) in [6.45, 7) is 4.58. The van der Waals surface area contributed by atoms with Gasteiger partial charge in [-0.15, -0.1) is 0 Å². The molecule has 0 aromatic heterocycles. The zero-order valence-electron chi connectivity index (χ0n) is 11.4. The molecule has 1 aromatic rings. The second kappa shape index (κ2) is 5.87. The molecule has 1 aliphatic heterocycles. The van der Waals surface area contributed by atoms with Crippen LogP contribution in [0, 0.1) is 0 Å². The van der Waals surface area contributed by atoms with Crippen molar-refractivity contribution in [2.24, 2.45) is 0 Å². The third-order valence-corrected chi connectivity index (χ3v) is 3.48. The maximum absolute atomic E-state index is 12.5. The SMILES string of the molecule is CCCN1C(=O)C(c2ccccc2)NC(=O)C1CC. The van der Waals surface area contributed by atoms with Gasteiger partial charge in [-0.25, -0.2) is 0 Å². The van der Waals surface area contributed by atoms with Gasteiger partial charge >= 0.3 is 0 Å². The molecule has 2 atom stereocenters. The molecule has 1 N–H and O–H groups in total. The Labute approximate surface area is 113 Å². The molecule has 4 nitrogen and oxygen atoms in total. The lowest BCUT2D eigenvalue weighted by atomic mass is 9.99. The molecule has 0 saturated carbocycles. The van der Waals surface area contributed by atoms with Crippen molar-refractivity contribution in [1.29, 1.82) is 0 Å². The largest absolute Gasteiger partial charge is 0.339 e. The molecule has 4 heteroatoms. The Morgan fingerprint density at radius 3 is 2.42 bits per heavy atom. The van der Waals surface area contributed by atoms with Crippen LogP contribution in [0.1, 0.15) is 38.3 Å². The van der Waals surface area contributed by atoms with Crippen LogP contribution in [0.3, 0.4) is 0 Å². The van der Waals surface area contributed by atoms with Crippen LogP contribution in [-0.2, 0) is 9.59 Å². The third kappa shape index (κ3) is 2.62. The van der Waals surface area contributed by atoms with E-state index in [0.717, 1.165) is 12.0 Å². The molecule has 2 rings (SSSR count). The van der Waals surface area contributed by atoms with Crippen molar-refractivity contribution in [3.63, 3.8) is 0 Å². The lowest BCUT2D eigenvalue weighted by molar-refractivity contribution is -0.149. The van der Waals surface area contributed by atoms with E-state index in [1.54, 1.807) is 4.90 Å². The van der Waals surface area contributed by atoms with E-state index in [4.69, 9.17) is 0 Å². The molecule has 0 aliphatic carbocycles. The van der Waals surface area contributed by atoms with Gasteiger partial charge in [-0.2, -0.15) is 0 Å². The van der Waals surface area contributed by atoms with Crippen molar-refractivity contribution in [3.05, 3.63) is 35.9 Å². The summed E-state index contributed by atoms with van der Waals surface area (Å²) < 4.78 is 0. The topological polar surface area (TPSA) is 49.4 Å². The molecule has 2 unspecified atom stereocenters. The molecule has 1 saturated heterocycles. The first-order valence-corrected chi connectivity index (χ1v) is 6.84. The Morgan fingerprint density at radius 2 is 1.84 bits per heavy atom. The van der Waals surface area contributed by atoms with Crippen molar-refractivity contribution in [2.75, 3.05) is 6.54 Å². The van der Waals surface area contributed by atoms with Crippen LogP contribution in [0.5, 0.6) is 0 Å². The lowest BCUT2D eigenvalue weighted by Gasteiger charge is -2.38. The third-order valence-electron chi connectivity index (χ3n) is 3.48. The quantitative estimate of drug-likeness (QED) is 0.898. The smallest absolute Gasteiger partial charge is 0.250 e. The standard InChI is InChI=1S/C15H20N2O2/c1-3-10-17-12(4-2)14(18)16-13(15(17)19)11-8-6-5-7-9-11/h5-9,12-13H,3-4,10H2,1-2H3,(H,16,18). The van der Waals surface area contributed by atoms with Gasteiger partial charge < -0.3 is 10.2 Å². The van der Waals surface area contributed by atoms with Crippen molar-refractivity contribution in [1.82, 2.24) is 10.2 Å². The van der Waals surface area contributed by atoms with E-state index >= 15 is 0 Å². The summed E-state index contributed by atoms with van der Waals surface area (Å²) >= 11 is 0. The van der Waals surface area contributed by atoms with E-state index in [0.29, 0.717) is 13.0 Å². The second-order valence-corrected chi connectivity index (χ2v) is 4.81. The Balaban J connectivity index is 2.28. The highest BCUT2D eigenvalue weighted by Gasteiger charge is 2.39. The number of benzene rings is 1. The molecular formula is C15H20N2O2. The van der Waals surface area contributed by atoms with Gasteiger partial charge in [0, 0.05) is 6.54 Å². The number of piperazine rings is 1. The van der Waals surface area contributed by atoms with Crippen molar-refractivity contribution in [3.8, 4) is 0 Å². The minimum absolute atomic E-state index is 0.000463. The molecule has 1 fully saturated rings. The summed E-state index contributed by atoms with van der Waals surface area (Å²) in [6.07, 6.45) is 1.51. The highest BCUT2D eigenvalue weighted by atomic mass is 16.2. The maximum atomic E-state index is 12.5.